The summed E-state index contributed by atoms with van der Waals surface area (Å²) in [6, 6.07) is 16.1. The zero-order chi connectivity index (χ0) is 21.5. The van der Waals surface area contributed by atoms with Crippen LogP contribution in [0.15, 0.2) is 68.5 Å². The summed E-state index contributed by atoms with van der Waals surface area (Å²) >= 11 is 5.18. The lowest BCUT2D eigenvalue weighted by Gasteiger charge is -2.25. The molecule has 31 heavy (non-hydrogen) atoms. The van der Waals surface area contributed by atoms with E-state index in [2.05, 4.69) is 38.3 Å². The van der Waals surface area contributed by atoms with Crippen molar-refractivity contribution in [2.45, 2.75) is 0 Å². The molecule has 0 spiro atoms. The topological polar surface area (TPSA) is 51.3 Å². The Balaban J connectivity index is 1.64. The summed E-state index contributed by atoms with van der Waals surface area (Å²) in [5.41, 5.74) is 3.07. The van der Waals surface area contributed by atoms with Gasteiger partial charge in [-0.1, -0.05) is 40.2 Å². The first kappa shape index (κ1) is 22.0. The van der Waals surface area contributed by atoms with E-state index in [1.54, 1.807) is 18.4 Å². The van der Waals surface area contributed by atoms with Gasteiger partial charge in [0.05, 0.1) is 38.8 Å². The van der Waals surface area contributed by atoms with E-state index >= 15 is 0 Å². The van der Waals surface area contributed by atoms with E-state index in [0.717, 1.165) is 71.2 Å². The molecule has 162 valence electrons. The maximum Gasteiger partial charge on any atom is 0.206 e. The Kier molecular flexibility index (Phi) is 7.69. The van der Waals surface area contributed by atoms with Crippen LogP contribution < -0.4 is 9.54 Å². The highest BCUT2D eigenvalue weighted by atomic mass is 79.9. The number of methoxy groups -OCH3 is 1. The van der Waals surface area contributed by atoms with Crippen LogP contribution in [0.2, 0.25) is 0 Å². The third kappa shape index (κ3) is 5.92. The van der Waals surface area contributed by atoms with Crippen LogP contribution >= 0.6 is 27.3 Å². The lowest BCUT2D eigenvalue weighted by Crippen LogP contribution is -2.38. The molecule has 8 heteroatoms. The van der Waals surface area contributed by atoms with Crippen molar-refractivity contribution in [3.63, 3.8) is 0 Å². The Hall–Kier alpha value is -2.26. The molecule has 1 aliphatic heterocycles. The molecule has 3 aromatic rings. The zero-order valence-electron chi connectivity index (χ0n) is 17.4. The third-order valence-corrected chi connectivity index (χ3v) is 6.34. The normalized spacial score (nSPS) is 15.6. The van der Waals surface area contributed by atoms with Crippen LogP contribution in [0.4, 0.5) is 0 Å². The average molecular weight is 501 g/mol. The molecule has 0 aliphatic carbocycles. The fourth-order valence-corrected chi connectivity index (χ4v) is 4.59. The molecule has 1 saturated heterocycles. The number of morpholine rings is 1. The first-order valence-corrected chi connectivity index (χ1v) is 11.9. The van der Waals surface area contributed by atoms with Gasteiger partial charge in [-0.3, -0.25) is 9.89 Å². The smallest absolute Gasteiger partial charge is 0.206 e. The van der Waals surface area contributed by atoms with Crippen LogP contribution in [0, 0.1) is 0 Å². The first-order valence-electron chi connectivity index (χ1n) is 10.2. The molecule has 1 fully saturated rings. The van der Waals surface area contributed by atoms with E-state index in [-0.39, 0.29) is 0 Å². The second-order valence-electron chi connectivity index (χ2n) is 7.08. The highest BCUT2D eigenvalue weighted by Gasteiger charge is 2.10. The van der Waals surface area contributed by atoms with Gasteiger partial charge in [0, 0.05) is 35.1 Å². The second kappa shape index (κ2) is 10.9. The molecule has 0 amide bonds. The predicted octanol–water partition coefficient (Wildman–Crippen LogP) is 4.10. The van der Waals surface area contributed by atoms with Gasteiger partial charge in [-0.15, -0.1) is 11.3 Å². The zero-order valence-corrected chi connectivity index (χ0v) is 19.8. The van der Waals surface area contributed by atoms with E-state index in [4.69, 9.17) is 19.6 Å². The number of rotatable bonds is 7. The van der Waals surface area contributed by atoms with E-state index < -0.39 is 0 Å². The fraction of sp³-hybridized carbons (Fsp3) is 0.304. The van der Waals surface area contributed by atoms with Gasteiger partial charge in [-0.25, -0.2) is 4.68 Å². The lowest BCUT2D eigenvalue weighted by atomic mass is 10.2. The van der Waals surface area contributed by atoms with Gasteiger partial charge < -0.3 is 9.47 Å². The second-order valence-corrected chi connectivity index (χ2v) is 8.83. The SMILES string of the molecule is COc1cccc(/C=N/n2c(-c3cccc(Br)c3)csc2=NCCN2CCOCC2)c1. The van der Waals surface area contributed by atoms with Crippen LogP contribution in [0.1, 0.15) is 5.56 Å². The molecule has 6 nitrogen and oxygen atoms in total. The number of ether oxygens (including phenoxy) is 2. The summed E-state index contributed by atoms with van der Waals surface area (Å²) in [5.74, 6) is 0.807. The van der Waals surface area contributed by atoms with E-state index in [9.17, 15) is 0 Å². The van der Waals surface area contributed by atoms with Gasteiger partial charge in [0.2, 0.25) is 4.80 Å². The van der Waals surface area contributed by atoms with Crippen molar-refractivity contribution in [1.82, 2.24) is 9.58 Å². The number of halogens is 1. The van der Waals surface area contributed by atoms with Gasteiger partial charge in [-0.05, 0) is 29.8 Å². The molecule has 0 atom stereocenters. The van der Waals surface area contributed by atoms with Crippen molar-refractivity contribution >= 4 is 33.5 Å². The lowest BCUT2D eigenvalue weighted by molar-refractivity contribution is 0.0393. The minimum atomic E-state index is 0.729. The summed E-state index contributed by atoms with van der Waals surface area (Å²) in [4.78, 5) is 8.13. The minimum Gasteiger partial charge on any atom is -0.497 e. The number of hydrogen-bond donors (Lipinski definition) is 0. The summed E-state index contributed by atoms with van der Waals surface area (Å²) in [5, 5.41) is 6.90. The van der Waals surface area contributed by atoms with Gasteiger partial charge >= 0.3 is 0 Å². The van der Waals surface area contributed by atoms with E-state index in [1.165, 1.54) is 0 Å². The molecule has 2 heterocycles. The highest BCUT2D eigenvalue weighted by molar-refractivity contribution is 9.10. The molecular formula is C23H25BrN4O2S. The largest absolute Gasteiger partial charge is 0.497 e. The van der Waals surface area contributed by atoms with Gasteiger partial charge in [0.25, 0.3) is 0 Å². The molecule has 0 N–H and O–H groups in total. The van der Waals surface area contributed by atoms with Crippen molar-refractivity contribution in [2.24, 2.45) is 10.1 Å². The number of benzene rings is 2. The summed E-state index contributed by atoms with van der Waals surface area (Å²) in [6.07, 6.45) is 1.84. The molecule has 0 saturated carbocycles. The Morgan fingerprint density at radius 3 is 2.81 bits per heavy atom. The van der Waals surface area contributed by atoms with Crippen molar-refractivity contribution in [2.75, 3.05) is 46.5 Å². The molecular weight excluding hydrogens is 476 g/mol. The Labute approximate surface area is 194 Å². The van der Waals surface area contributed by atoms with Crippen LogP contribution in [0.25, 0.3) is 11.3 Å². The Bertz CT molecular complexity index is 1100. The van der Waals surface area contributed by atoms with Crippen LogP contribution in [-0.4, -0.2) is 62.3 Å². The molecule has 1 aromatic heterocycles. The summed E-state index contributed by atoms with van der Waals surface area (Å²) in [7, 11) is 1.67. The molecule has 2 aromatic carbocycles. The third-order valence-electron chi connectivity index (χ3n) is 4.99. The number of thiazole rings is 1. The Morgan fingerprint density at radius 1 is 1.16 bits per heavy atom. The molecule has 1 aliphatic rings. The average Bonchev–Trinajstić information content (AvgIpc) is 3.21. The minimum absolute atomic E-state index is 0.729. The van der Waals surface area contributed by atoms with Crippen molar-refractivity contribution in [1.29, 1.82) is 0 Å². The van der Waals surface area contributed by atoms with Crippen LogP contribution in [-0.2, 0) is 4.74 Å². The van der Waals surface area contributed by atoms with Crippen LogP contribution in [0.5, 0.6) is 5.75 Å². The summed E-state index contributed by atoms with van der Waals surface area (Å²) < 4.78 is 13.7. The van der Waals surface area contributed by atoms with Gasteiger partial charge in [-0.2, -0.15) is 5.10 Å². The van der Waals surface area contributed by atoms with Crippen molar-refractivity contribution < 1.29 is 9.47 Å². The monoisotopic (exact) mass is 500 g/mol. The number of hydrogen-bond acceptors (Lipinski definition) is 6. The number of nitrogens with zero attached hydrogens (tertiary/aromatic N) is 4. The van der Waals surface area contributed by atoms with Crippen molar-refractivity contribution in [3.05, 3.63) is 68.7 Å². The number of aromatic nitrogens is 1. The fourth-order valence-electron chi connectivity index (χ4n) is 3.32. The molecule has 4 rings (SSSR count). The van der Waals surface area contributed by atoms with Gasteiger partial charge in [0.15, 0.2) is 0 Å². The summed E-state index contributed by atoms with van der Waals surface area (Å²) in [6.45, 7) is 5.20. The Morgan fingerprint density at radius 2 is 2.00 bits per heavy atom. The maximum atomic E-state index is 5.43. The molecule has 0 bridgehead atoms. The molecule has 0 unspecified atom stereocenters. The van der Waals surface area contributed by atoms with Crippen LogP contribution in [0.3, 0.4) is 0 Å². The van der Waals surface area contributed by atoms with Crippen molar-refractivity contribution in [3.8, 4) is 17.0 Å². The van der Waals surface area contributed by atoms with E-state index in [0.29, 0.717) is 0 Å². The standard InChI is InChI=1S/C23H25BrN4O2S/c1-29-21-7-2-4-18(14-21)16-26-28-22(19-5-3-6-20(24)15-19)17-31-23(28)25-8-9-27-10-12-30-13-11-27/h2-7,14-17H,8-13H2,1H3/b25-23?,26-16+. The quantitative estimate of drug-likeness (QED) is 0.458. The van der Waals surface area contributed by atoms with Gasteiger partial charge in [0.1, 0.15) is 5.75 Å². The molecule has 0 radical (unpaired) electrons. The highest BCUT2D eigenvalue weighted by Crippen LogP contribution is 2.23. The predicted molar refractivity (Wildman–Crippen MR) is 129 cm³/mol. The maximum absolute atomic E-state index is 5.43. The van der Waals surface area contributed by atoms with E-state index in [1.807, 2.05) is 47.3 Å². The first-order chi connectivity index (χ1) is 15.2.